The lowest BCUT2D eigenvalue weighted by Gasteiger charge is -2.10. The van der Waals surface area contributed by atoms with Gasteiger partial charge in [0, 0.05) is 17.1 Å². The van der Waals surface area contributed by atoms with Gasteiger partial charge in [0.15, 0.2) is 6.61 Å². The first-order chi connectivity index (χ1) is 16.2. The van der Waals surface area contributed by atoms with E-state index in [4.69, 9.17) is 15.2 Å². The van der Waals surface area contributed by atoms with Crippen LogP contribution in [0.5, 0.6) is 5.75 Å². The molecule has 0 unspecified atom stereocenters. The van der Waals surface area contributed by atoms with Crippen LogP contribution >= 0.6 is 11.3 Å². The molecule has 2 amide bonds. The fourth-order valence-corrected chi connectivity index (χ4v) is 4.13. The van der Waals surface area contributed by atoms with Crippen molar-refractivity contribution in [2.24, 2.45) is 5.73 Å². The molecule has 0 aliphatic rings. The summed E-state index contributed by atoms with van der Waals surface area (Å²) in [4.78, 5) is 35.9. The minimum absolute atomic E-state index is 0.162. The molecule has 0 atom stereocenters. The van der Waals surface area contributed by atoms with Crippen LogP contribution in [0.15, 0.2) is 47.4 Å². The Balaban J connectivity index is 1.72. The lowest BCUT2D eigenvalue weighted by molar-refractivity contribution is -0.142. The van der Waals surface area contributed by atoms with E-state index in [0.29, 0.717) is 5.56 Å². The summed E-state index contributed by atoms with van der Waals surface area (Å²) in [6, 6.07) is 12.6. The van der Waals surface area contributed by atoms with Gasteiger partial charge in [0.25, 0.3) is 11.8 Å². The fourth-order valence-electron chi connectivity index (χ4n) is 3.33. The Labute approximate surface area is 200 Å². The number of carbonyl (C=O) groups excluding carboxylic acids is 3. The van der Waals surface area contributed by atoms with E-state index in [9.17, 15) is 19.6 Å². The normalized spacial score (nSPS) is 10.9. The average Bonchev–Trinajstić information content (AvgIpc) is 3.39. The molecule has 9 nitrogen and oxygen atoms in total. The number of benzene rings is 1. The highest BCUT2D eigenvalue weighted by molar-refractivity contribution is 7.14. The molecule has 0 radical (unpaired) electrons. The number of anilines is 1. The van der Waals surface area contributed by atoms with Gasteiger partial charge in [-0.1, -0.05) is 0 Å². The monoisotopic (exact) mass is 478 g/mol. The van der Waals surface area contributed by atoms with Crippen LogP contribution in [0.1, 0.15) is 27.3 Å². The first-order valence-electron chi connectivity index (χ1n) is 10.0. The van der Waals surface area contributed by atoms with Crippen LogP contribution in [0.25, 0.3) is 11.8 Å². The molecule has 34 heavy (non-hydrogen) atoms. The number of nitrogens with one attached hydrogen (secondary N) is 1. The van der Waals surface area contributed by atoms with Crippen molar-refractivity contribution in [3.63, 3.8) is 0 Å². The Kier molecular flexibility index (Phi) is 7.50. The van der Waals surface area contributed by atoms with Gasteiger partial charge in [0.1, 0.15) is 22.4 Å². The second-order valence-corrected chi connectivity index (χ2v) is 8.10. The van der Waals surface area contributed by atoms with E-state index in [2.05, 4.69) is 5.32 Å². The summed E-state index contributed by atoms with van der Waals surface area (Å²) >= 11 is 1.11. The number of hydrogen-bond donors (Lipinski definition) is 2. The largest absolute Gasteiger partial charge is 0.497 e. The van der Waals surface area contributed by atoms with E-state index in [0.717, 1.165) is 34.2 Å². The van der Waals surface area contributed by atoms with Crippen molar-refractivity contribution in [3.8, 4) is 17.5 Å². The van der Waals surface area contributed by atoms with Gasteiger partial charge in [-0.25, -0.2) is 4.79 Å². The second-order valence-electron chi connectivity index (χ2n) is 7.18. The zero-order valence-electron chi connectivity index (χ0n) is 18.7. The molecule has 3 N–H and O–H groups in total. The third-order valence-corrected chi connectivity index (χ3v) is 5.79. The number of amides is 2. The highest BCUT2D eigenvalue weighted by Gasteiger charge is 2.18. The van der Waals surface area contributed by atoms with Crippen LogP contribution in [0.2, 0.25) is 0 Å². The van der Waals surface area contributed by atoms with E-state index < -0.39 is 24.4 Å². The zero-order valence-corrected chi connectivity index (χ0v) is 19.6. The Morgan fingerprint density at radius 1 is 1.21 bits per heavy atom. The Morgan fingerprint density at radius 2 is 1.91 bits per heavy atom. The van der Waals surface area contributed by atoms with Crippen molar-refractivity contribution in [2.75, 3.05) is 19.0 Å². The zero-order chi connectivity index (χ0) is 24.8. The molecule has 3 aromatic rings. The van der Waals surface area contributed by atoms with Crippen molar-refractivity contribution in [2.45, 2.75) is 13.8 Å². The number of rotatable bonds is 8. The van der Waals surface area contributed by atoms with Gasteiger partial charge < -0.3 is 25.1 Å². The molecule has 0 aliphatic heterocycles. The second kappa shape index (κ2) is 10.5. The smallest absolute Gasteiger partial charge is 0.349 e. The topological polar surface area (TPSA) is 136 Å². The molecular formula is C24H22N4O5S. The number of primary amides is 1. The molecule has 0 saturated carbocycles. The van der Waals surface area contributed by atoms with E-state index >= 15 is 0 Å². The minimum Gasteiger partial charge on any atom is -0.497 e. The standard InChI is InChI=1S/C24H22N4O5S/c1-14-10-16(15(2)28(14)18-4-6-19(32-3)7-5-18)11-17(12-25)24(31)33-13-21(29)27-23-20(22(26)30)8-9-34-23/h4-11H,13H2,1-3H3,(H2,26,30)(H,27,29)/b17-11+. The summed E-state index contributed by atoms with van der Waals surface area (Å²) in [6.07, 6.45) is 1.42. The first-order valence-corrected chi connectivity index (χ1v) is 10.9. The summed E-state index contributed by atoms with van der Waals surface area (Å²) in [5.74, 6) is -1.55. The SMILES string of the molecule is COc1ccc(-n2c(C)cc(/C=C(\C#N)C(=O)OCC(=O)Nc3sccc3C(N)=O)c2C)cc1. The molecule has 3 rings (SSSR count). The molecule has 0 saturated heterocycles. The third-order valence-electron chi connectivity index (χ3n) is 4.96. The predicted octanol–water partition coefficient (Wildman–Crippen LogP) is 3.35. The lowest BCUT2D eigenvalue weighted by Crippen LogP contribution is -2.22. The molecule has 174 valence electrons. The summed E-state index contributed by atoms with van der Waals surface area (Å²) in [7, 11) is 1.59. The molecule has 0 aliphatic carbocycles. The van der Waals surface area contributed by atoms with E-state index in [1.165, 1.54) is 12.1 Å². The number of nitrogens with zero attached hydrogens (tertiary/aromatic N) is 2. The van der Waals surface area contributed by atoms with Gasteiger partial charge in [-0.15, -0.1) is 11.3 Å². The maximum Gasteiger partial charge on any atom is 0.349 e. The molecule has 1 aromatic carbocycles. The van der Waals surface area contributed by atoms with Crippen molar-refractivity contribution in [3.05, 3.63) is 69.9 Å². The number of thiophene rings is 1. The number of esters is 1. The van der Waals surface area contributed by atoms with Crippen LogP contribution < -0.4 is 15.8 Å². The van der Waals surface area contributed by atoms with Gasteiger partial charge >= 0.3 is 5.97 Å². The van der Waals surface area contributed by atoms with Gasteiger partial charge in [-0.05, 0) is 67.3 Å². The van der Waals surface area contributed by atoms with E-state index in [-0.39, 0.29) is 16.1 Å². The number of aromatic nitrogens is 1. The average molecular weight is 479 g/mol. The van der Waals surface area contributed by atoms with Gasteiger partial charge in [-0.3, -0.25) is 9.59 Å². The van der Waals surface area contributed by atoms with E-state index in [1.54, 1.807) is 12.5 Å². The Bertz CT molecular complexity index is 1310. The van der Waals surface area contributed by atoms with Crippen molar-refractivity contribution in [1.82, 2.24) is 4.57 Å². The summed E-state index contributed by atoms with van der Waals surface area (Å²) in [5.41, 5.74) is 8.43. The summed E-state index contributed by atoms with van der Waals surface area (Å²) in [5, 5.41) is 13.8. The van der Waals surface area contributed by atoms with Crippen LogP contribution in [0.3, 0.4) is 0 Å². The minimum atomic E-state index is -0.937. The van der Waals surface area contributed by atoms with Gasteiger partial charge in [0.2, 0.25) is 0 Å². The van der Waals surface area contributed by atoms with Crippen molar-refractivity contribution in [1.29, 1.82) is 5.26 Å². The first kappa shape index (κ1) is 24.3. The fraction of sp³-hybridized carbons (Fsp3) is 0.167. The maximum absolute atomic E-state index is 12.4. The van der Waals surface area contributed by atoms with Crippen molar-refractivity contribution < 1.29 is 23.9 Å². The van der Waals surface area contributed by atoms with Gasteiger partial charge in [-0.2, -0.15) is 5.26 Å². The van der Waals surface area contributed by atoms with Crippen LogP contribution in [-0.4, -0.2) is 36.1 Å². The number of carbonyl (C=O) groups is 3. The number of nitriles is 1. The summed E-state index contributed by atoms with van der Waals surface area (Å²) < 4.78 is 12.2. The molecule has 0 spiro atoms. The molecule has 10 heteroatoms. The number of aryl methyl sites for hydroxylation is 1. The van der Waals surface area contributed by atoms with Crippen LogP contribution in [0.4, 0.5) is 5.00 Å². The Hall–Kier alpha value is -4.36. The highest BCUT2D eigenvalue weighted by Crippen LogP contribution is 2.25. The number of ether oxygens (including phenoxy) is 2. The van der Waals surface area contributed by atoms with E-state index in [1.807, 2.05) is 54.8 Å². The van der Waals surface area contributed by atoms with Crippen LogP contribution in [0, 0.1) is 25.2 Å². The molecule has 2 heterocycles. The maximum atomic E-state index is 12.4. The molecule has 0 bridgehead atoms. The third kappa shape index (κ3) is 5.33. The quantitative estimate of drug-likeness (QED) is 0.289. The summed E-state index contributed by atoms with van der Waals surface area (Å²) in [6.45, 7) is 3.15. The van der Waals surface area contributed by atoms with Crippen LogP contribution in [-0.2, 0) is 14.3 Å². The Morgan fingerprint density at radius 3 is 2.53 bits per heavy atom. The predicted molar refractivity (Wildman–Crippen MR) is 128 cm³/mol. The number of hydrogen-bond acceptors (Lipinski definition) is 7. The lowest BCUT2D eigenvalue weighted by atomic mass is 10.1. The molecule has 2 aromatic heterocycles. The number of methoxy groups -OCH3 is 1. The molecule has 0 fully saturated rings. The molecular weight excluding hydrogens is 456 g/mol. The van der Waals surface area contributed by atoms with Crippen molar-refractivity contribution >= 4 is 40.2 Å². The van der Waals surface area contributed by atoms with Gasteiger partial charge in [0.05, 0.1) is 12.7 Å². The number of nitrogens with two attached hydrogens (primary N) is 1. The highest BCUT2D eigenvalue weighted by atomic mass is 32.1.